The third kappa shape index (κ3) is 3.21. The number of pyridine rings is 1. The number of nitrogens with zero attached hydrogens (tertiary/aromatic N) is 2. The lowest BCUT2D eigenvalue weighted by Gasteiger charge is -2.25. The molecule has 0 unspecified atom stereocenters. The number of benzene rings is 1. The van der Waals surface area contributed by atoms with Crippen molar-refractivity contribution in [1.82, 2.24) is 14.9 Å². The molecule has 0 radical (unpaired) electrons. The maximum Gasteiger partial charge on any atom is 0.410 e. The van der Waals surface area contributed by atoms with E-state index < -0.39 is 6.09 Å². The van der Waals surface area contributed by atoms with Gasteiger partial charge in [-0.15, -0.1) is 0 Å². The first-order valence-electron chi connectivity index (χ1n) is 8.71. The first-order valence-corrected chi connectivity index (χ1v) is 8.71. The molecule has 1 aliphatic rings. The fourth-order valence-electron chi connectivity index (χ4n) is 3.55. The molecule has 0 spiro atoms. The van der Waals surface area contributed by atoms with Crippen LogP contribution in [-0.2, 0) is 17.7 Å². The topological polar surface area (TPSA) is 75.3 Å². The summed E-state index contributed by atoms with van der Waals surface area (Å²) >= 11 is 0. The molecule has 3 heterocycles. The van der Waals surface area contributed by atoms with E-state index in [-0.39, 0.29) is 12.3 Å². The molecule has 1 amide bonds. The predicted octanol–water partition coefficient (Wildman–Crippen LogP) is 3.43. The lowest BCUT2D eigenvalue weighted by Crippen LogP contribution is -2.39. The molecule has 3 aromatic rings. The lowest BCUT2D eigenvalue weighted by molar-refractivity contribution is 0.0838. The number of carbonyl (C=O) groups excluding carboxylic acids is 2. The average Bonchev–Trinajstić information content (AvgIpc) is 3.07. The highest BCUT2D eigenvalue weighted by Crippen LogP contribution is 2.33. The highest BCUT2D eigenvalue weighted by molar-refractivity contribution is 6.04. The van der Waals surface area contributed by atoms with Crippen molar-refractivity contribution in [3.8, 4) is 11.3 Å². The molecule has 0 saturated heterocycles. The molecule has 6 heteroatoms. The second kappa shape index (κ2) is 7.07. The number of carbonyl (C=O) groups is 2. The first-order chi connectivity index (χ1) is 13.2. The minimum atomic E-state index is -0.501. The number of aromatic amines is 1. The summed E-state index contributed by atoms with van der Waals surface area (Å²) in [6, 6.07) is 13.9. The van der Waals surface area contributed by atoms with Crippen LogP contribution in [0.5, 0.6) is 0 Å². The minimum Gasteiger partial charge on any atom is -0.453 e. The van der Waals surface area contributed by atoms with Gasteiger partial charge in [-0.3, -0.25) is 14.7 Å². The van der Waals surface area contributed by atoms with Gasteiger partial charge in [-0.1, -0.05) is 30.3 Å². The van der Waals surface area contributed by atoms with Crippen molar-refractivity contribution >= 4 is 11.9 Å². The molecule has 136 valence electrons. The zero-order valence-corrected chi connectivity index (χ0v) is 14.9. The van der Waals surface area contributed by atoms with Gasteiger partial charge in [0.1, 0.15) is 0 Å². The largest absolute Gasteiger partial charge is 0.453 e. The first kappa shape index (κ1) is 17.0. The lowest BCUT2D eigenvalue weighted by atomic mass is 9.94. The highest BCUT2D eigenvalue weighted by atomic mass is 16.5. The number of nitrogens with one attached hydrogen (secondary N) is 1. The van der Waals surface area contributed by atoms with Crippen molar-refractivity contribution in [1.29, 1.82) is 0 Å². The van der Waals surface area contributed by atoms with E-state index >= 15 is 0 Å². The van der Waals surface area contributed by atoms with Gasteiger partial charge in [0.25, 0.3) is 0 Å². The van der Waals surface area contributed by atoms with Gasteiger partial charge in [-0.25, -0.2) is 4.79 Å². The number of amides is 1. The summed E-state index contributed by atoms with van der Waals surface area (Å²) < 4.78 is 4.78. The Kier molecular flexibility index (Phi) is 4.46. The van der Waals surface area contributed by atoms with E-state index in [2.05, 4.69) is 9.97 Å². The number of hydrogen-bond donors (Lipinski definition) is 1. The van der Waals surface area contributed by atoms with Crippen LogP contribution in [0.4, 0.5) is 4.79 Å². The van der Waals surface area contributed by atoms with Crippen LogP contribution in [0.3, 0.4) is 0 Å². The Bertz CT molecular complexity index is 981. The van der Waals surface area contributed by atoms with Gasteiger partial charge in [0.15, 0.2) is 5.78 Å². The number of fused-ring (bicyclic) bond motifs is 1. The smallest absolute Gasteiger partial charge is 0.410 e. The molecule has 0 aliphatic carbocycles. The van der Waals surface area contributed by atoms with Crippen LogP contribution in [0.15, 0.2) is 54.9 Å². The monoisotopic (exact) mass is 361 g/mol. The van der Waals surface area contributed by atoms with Gasteiger partial charge in [0.05, 0.1) is 25.9 Å². The molecule has 2 aromatic heterocycles. The number of hydrogen-bond acceptors (Lipinski definition) is 4. The number of aromatic nitrogens is 2. The number of Topliss-reactive ketones (excluding diaryl/α,β-unsaturated/α-hetero) is 1. The molecule has 27 heavy (non-hydrogen) atoms. The van der Waals surface area contributed by atoms with E-state index in [9.17, 15) is 9.59 Å². The van der Waals surface area contributed by atoms with Gasteiger partial charge in [0.2, 0.25) is 0 Å². The average molecular weight is 361 g/mol. The Labute approximate surface area is 156 Å². The Morgan fingerprint density at radius 1 is 1.15 bits per heavy atom. The van der Waals surface area contributed by atoms with E-state index in [0.29, 0.717) is 18.5 Å². The van der Waals surface area contributed by atoms with Crippen LogP contribution in [0.2, 0.25) is 0 Å². The quantitative estimate of drug-likeness (QED) is 0.775. The van der Waals surface area contributed by atoms with Crippen LogP contribution in [0, 0.1) is 0 Å². The number of methoxy groups -OCH3 is 1. The molecule has 1 N–H and O–H groups in total. The molecule has 1 aromatic carbocycles. The predicted molar refractivity (Wildman–Crippen MR) is 100 cm³/mol. The Morgan fingerprint density at radius 2 is 1.89 bits per heavy atom. The normalized spacial score (nSPS) is 13.4. The third-order valence-electron chi connectivity index (χ3n) is 4.77. The number of rotatable bonds is 3. The maximum absolute atomic E-state index is 12.9. The Morgan fingerprint density at radius 3 is 2.59 bits per heavy atom. The zero-order chi connectivity index (χ0) is 18.8. The molecule has 0 atom stereocenters. The van der Waals surface area contributed by atoms with Gasteiger partial charge in [0, 0.05) is 35.6 Å². The van der Waals surface area contributed by atoms with E-state index in [1.807, 2.05) is 42.5 Å². The number of ketones is 1. The van der Waals surface area contributed by atoms with Crippen LogP contribution >= 0.6 is 0 Å². The molecule has 1 aliphatic heterocycles. The van der Waals surface area contributed by atoms with Gasteiger partial charge >= 0.3 is 6.09 Å². The van der Waals surface area contributed by atoms with E-state index in [1.165, 1.54) is 12.0 Å². The summed E-state index contributed by atoms with van der Waals surface area (Å²) in [6.07, 6.45) is 3.58. The summed E-state index contributed by atoms with van der Waals surface area (Å²) in [7, 11) is 1.32. The fourth-order valence-corrected chi connectivity index (χ4v) is 3.55. The van der Waals surface area contributed by atoms with Crippen molar-refractivity contribution in [3.05, 3.63) is 77.2 Å². The van der Waals surface area contributed by atoms with Crippen molar-refractivity contribution in [2.75, 3.05) is 13.7 Å². The van der Waals surface area contributed by atoms with E-state index in [1.54, 1.807) is 12.4 Å². The van der Waals surface area contributed by atoms with Crippen molar-refractivity contribution in [2.45, 2.75) is 13.0 Å². The van der Waals surface area contributed by atoms with Crippen LogP contribution in [-0.4, -0.2) is 40.4 Å². The summed E-state index contributed by atoms with van der Waals surface area (Å²) in [4.78, 5) is 33.7. The Balaban J connectivity index is 1.82. The molecule has 4 rings (SSSR count). The number of ether oxygens (including phenoxy) is 1. The summed E-state index contributed by atoms with van der Waals surface area (Å²) in [5.41, 5.74) is 5.36. The zero-order valence-electron chi connectivity index (χ0n) is 14.9. The molecule has 0 fully saturated rings. The minimum absolute atomic E-state index is 0.0229. The molecular weight excluding hydrogens is 342 g/mol. The molecule has 0 saturated carbocycles. The molecule has 0 bridgehead atoms. The van der Waals surface area contributed by atoms with Gasteiger partial charge < -0.3 is 9.72 Å². The second-order valence-corrected chi connectivity index (χ2v) is 6.48. The van der Waals surface area contributed by atoms with Crippen LogP contribution in [0.25, 0.3) is 11.3 Å². The van der Waals surface area contributed by atoms with Gasteiger partial charge in [-0.2, -0.15) is 0 Å². The standard InChI is InChI=1S/C21H19N3O3/c1-27-21(26)24-12-17-19(18(25)13-24)16(11-14-5-3-2-4-6-14)20(23-17)15-7-9-22-10-8-15/h2-10,23H,11-13H2,1H3. The SMILES string of the molecule is COC(=O)N1CC(=O)c2c([nH]c(-c3ccncc3)c2Cc2ccccc2)C1. The van der Waals surface area contributed by atoms with Crippen LogP contribution < -0.4 is 0 Å². The Hall–Kier alpha value is -3.41. The highest BCUT2D eigenvalue weighted by Gasteiger charge is 2.32. The van der Waals surface area contributed by atoms with Crippen molar-refractivity contribution in [2.24, 2.45) is 0 Å². The fraction of sp³-hybridized carbons (Fsp3) is 0.190. The summed E-state index contributed by atoms with van der Waals surface area (Å²) in [6.45, 7) is 0.343. The summed E-state index contributed by atoms with van der Waals surface area (Å²) in [5, 5.41) is 0. The molecule has 6 nitrogen and oxygen atoms in total. The third-order valence-corrected chi connectivity index (χ3v) is 4.77. The maximum atomic E-state index is 12.9. The number of H-pyrrole nitrogens is 1. The van der Waals surface area contributed by atoms with Crippen molar-refractivity contribution < 1.29 is 14.3 Å². The second-order valence-electron chi connectivity index (χ2n) is 6.48. The van der Waals surface area contributed by atoms with Crippen molar-refractivity contribution in [3.63, 3.8) is 0 Å². The van der Waals surface area contributed by atoms with Crippen LogP contribution in [0.1, 0.15) is 27.2 Å². The van der Waals surface area contributed by atoms with E-state index in [4.69, 9.17) is 4.74 Å². The van der Waals surface area contributed by atoms with Gasteiger partial charge in [-0.05, 0) is 23.3 Å². The summed E-state index contributed by atoms with van der Waals surface area (Å²) in [5.74, 6) is -0.0795. The molecular formula is C21H19N3O3. The van der Waals surface area contributed by atoms with E-state index in [0.717, 1.165) is 28.1 Å².